The third-order valence-corrected chi connectivity index (χ3v) is 6.48. The van der Waals surface area contributed by atoms with Crippen LogP contribution >= 0.6 is 11.6 Å². The molecule has 3 aromatic rings. The quantitative estimate of drug-likeness (QED) is 0.540. The van der Waals surface area contributed by atoms with Crippen LogP contribution in [0.2, 0.25) is 5.02 Å². The Kier molecular flexibility index (Phi) is 7.06. The van der Waals surface area contributed by atoms with E-state index in [0.717, 1.165) is 9.87 Å². The Balaban J connectivity index is 1.82. The Hall–Kier alpha value is -3.20. The third kappa shape index (κ3) is 5.91. The minimum atomic E-state index is -3.97. The molecule has 160 valence electrons. The Morgan fingerprint density at radius 3 is 2.10 bits per heavy atom. The van der Waals surface area contributed by atoms with Crippen molar-refractivity contribution in [2.45, 2.75) is 11.4 Å². The van der Waals surface area contributed by atoms with E-state index in [0.29, 0.717) is 16.3 Å². The Bertz CT molecular complexity index is 1170. The highest BCUT2D eigenvalue weighted by atomic mass is 35.5. The zero-order valence-electron chi connectivity index (χ0n) is 16.4. The fourth-order valence-electron chi connectivity index (χ4n) is 2.85. The fraction of sp³-hybridized carbons (Fsp3) is 0.0909. The predicted molar refractivity (Wildman–Crippen MR) is 119 cm³/mol. The van der Waals surface area contributed by atoms with Crippen LogP contribution in [0.4, 0.5) is 5.69 Å². The summed E-state index contributed by atoms with van der Waals surface area (Å²) in [5, 5.41) is 3.05. The minimum absolute atomic E-state index is 0.0137. The second-order valence-electron chi connectivity index (χ2n) is 6.70. The number of hydrogen-bond acceptors (Lipinski definition) is 4. The van der Waals surface area contributed by atoms with Gasteiger partial charge in [0.2, 0.25) is 21.8 Å². The van der Waals surface area contributed by atoms with E-state index in [-0.39, 0.29) is 11.4 Å². The highest BCUT2D eigenvalue weighted by molar-refractivity contribution is 7.89. The van der Waals surface area contributed by atoms with Gasteiger partial charge < -0.3 is 11.1 Å². The Labute approximate surface area is 185 Å². The first kappa shape index (κ1) is 22.5. The van der Waals surface area contributed by atoms with Crippen molar-refractivity contribution in [2.24, 2.45) is 5.73 Å². The first-order chi connectivity index (χ1) is 14.8. The fourth-order valence-corrected chi connectivity index (χ4v) is 4.36. The molecular formula is C22H20ClN3O4S. The lowest BCUT2D eigenvalue weighted by atomic mass is 10.2. The zero-order valence-corrected chi connectivity index (χ0v) is 17.9. The number of primary amides is 1. The number of carbonyl (C=O) groups is 2. The lowest BCUT2D eigenvalue weighted by Gasteiger charge is -2.22. The van der Waals surface area contributed by atoms with Gasteiger partial charge in [0.15, 0.2) is 0 Å². The summed E-state index contributed by atoms with van der Waals surface area (Å²) in [7, 11) is -3.97. The zero-order chi connectivity index (χ0) is 22.4. The van der Waals surface area contributed by atoms with Crippen LogP contribution in [0.1, 0.15) is 15.9 Å². The van der Waals surface area contributed by atoms with Crippen LogP contribution in [0, 0.1) is 0 Å². The van der Waals surface area contributed by atoms with Crippen molar-refractivity contribution in [1.82, 2.24) is 4.31 Å². The van der Waals surface area contributed by atoms with E-state index in [4.69, 9.17) is 17.3 Å². The predicted octanol–water partition coefficient (Wildman–Crippen LogP) is 3.27. The SMILES string of the molecule is NC(=O)c1ccc(NC(=O)CN(Cc2ccccc2)S(=O)(=O)c2ccc(Cl)cc2)cc1. The van der Waals surface area contributed by atoms with Gasteiger partial charge in [-0.15, -0.1) is 0 Å². The molecule has 3 N–H and O–H groups in total. The monoisotopic (exact) mass is 457 g/mol. The van der Waals surface area contributed by atoms with E-state index >= 15 is 0 Å². The molecule has 0 aliphatic carbocycles. The number of sulfonamides is 1. The van der Waals surface area contributed by atoms with Crippen molar-refractivity contribution in [2.75, 3.05) is 11.9 Å². The van der Waals surface area contributed by atoms with Gasteiger partial charge in [0, 0.05) is 22.8 Å². The van der Waals surface area contributed by atoms with Crippen molar-refractivity contribution >= 4 is 39.1 Å². The normalized spacial score (nSPS) is 11.3. The van der Waals surface area contributed by atoms with Crippen molar-refractivity contribution in [3.8, 4) is 0 Å². The molecule has 0 fully saturated rings. The minimum Gasteiger partial charge on any atom is -0.366 e. The molecule has 2 amide bonds. The van der Waals surface area contributed by atoms with Crippen molar-refractivity contribution in [3.63, 3.8) is 0 Å². The van der Waals surface area contributed by atoms with E-state index in [9.17, 15) is 18.0 Å². The maximum atomic E-state index is 13.2. The molecule has 0 unspecified atom stereocenters. The molecule has 3 aromatic carbocycles. The standard InChI is InChI=1S/C22H20ClN3O4S/c23-18-8-12-20(13-9-18)31(29,30)26(14-16-4-2-1-3-5-16)15-21(27)25-19-10-6-17(7-11-19)22(24)28/h1-13H,14-15H2,(H2,24,28)(H,25,27). The number of nitrogens with one attached hydrogen (secondary N) is 1. The van der Waals surface area contributed by atoms with Gasteiger partial charge in [-0.05, 0) is 54.1 Å². The summed E-state index contributed by atoms with van der Waals surface area (Å²) >= 11 is 5.87. The molecule has 0 aromatic heterocycles. The van der Waals surface area contributed by atoms with E-state index in [2.05, 4.69) is 5.32 Å². The number of rotatable bonds is 8. The van der Waals surface area contributed by atoms with Gasteiger partial charge in [0.1, 0.15) is 0 Å². The highest BCUT2D eigenvalue weighted by Crippen LogP contribution is 2.21. The molecule has 0 bridgehead atoms. The number of nitrogens with zero attached hydrogens (tertiary/aromatic N) is 1. The van der Waals surface area contributed by atoms with Crippen molar-refractivity contribution in [1.29, 1.82) is 0 Å². The number of amides is 2. The Morgan fingerprint density at radius 2 is 1.52 bits per heavy atom. The molecule has 9 heteroatoms. The topological polar surface area (TPSA) is 110 Å². The summed E-state index contributed by atoms with van der Waals surface area (Å²) in [5.74, 6) is -1.11. The summed E-state index contributed by atoms with van der Waals surface area (Å²) in [6.07, 6.45) is 0. The average Bonchev–Trinajstić information content (AvgIpc) is 2.74. The van der Waals surface area contributed by atoms with Gasteiger partial charge in [-0.2, -0.15) is 4.31 Å². The molecule has 31 heavy (non-hydrogen) atoms. The lowest BCUT2D eigenvalue weighted by Crippen LogP contribution is -2.37. The molecular weight excluding hydrogens is 438 g/mol. The van der Waals surface area contributed by atoms with E-state index in [1.54, 1.807) is 24.3 Å². The summed E-state index contributed by atoms with van der Waals surface area (Å²) in [6, 6.07) is 20.7. The number of carbonyl (C=O) groups excluding carboxylic acids is 2. The van der Waals surface area contributed by atoms with Crippen LogP contribution < -0.4 is 11.1 Å². The summed E-state index contributed by atoms with van der Waals surface area (Å²) in [6.45, 7) is -0.392. The maximum absolute atomic E-state index is 13.2. The lowest BCUT2D eigenvalue weighted by molar-refractivity contribution is -0.116. The van der Waals surface area contributed by atoms with Gasteiger partial charge in [-0.1, -0.05) is 41.9 Å². The molecule has 0 heterocycles. The van der Waals surface area contributed by atoms with Gasteiger partial charge in [0.05, 0.1) is 11.4 Å². The second-order valence-corrected chi connectivity index (χ2v) is 9.08. The average molecular weight is 458 g/mol. The summed E-state index contributed by atoms with van der Waals surface area (Å²) in [4.78, 5) is 23.8. The van der Waals surface area contributed by atoms with Crippen molar-refractivity contribution in [3.05, 3.63) is 95.0 Å². The van der Waals surface area contributed by atoms with Crippen LogP contribution in [0.5, 0.6) is 0 Å². The molecule has 0 saturated carbocycles. The second kappa shape index (κ2) is 9.74. The number of anilines is 1. The number of hydrogen-bond donors (Lipinski definition) is 2. The number of halogens is 1. The first-order valence-corrected chi connectivity index (χ1v) is 11.1. The van der Waals surface area contributed by atoms with Crippen LogP contribution in [0.25, 0.3) is 0 Å². The van der Waals surface area contributed by atoms with Crippen LogP contribution in [-0.2, 0) is 21.4 Å². The molecule has 3 rings (SSSR count). The van der Waals surface area contributed by atoms with Gasteiger partial charge in [0.25, 0.3) is 0 Å². The third-order valence-electron chi connectivity index (χ3n) is 4.43. The van der Waals surface area contributed by atoms with Crippen LogP contribution in [-0.4, -0.2) is 31.1 Å². The maximum Gasteiger partial charge on any atom is 0.248 e. The van der Waals surface area contributed by atoms with E-state index in [1.165, 1.54) is 48.5 Å². The van der Waals surface area contributed by atoms with Gasteiger partial charge in [-0.3, -0.25) is 9.59 Å². The largest absolute Gasteiger partial charge is 0.366 e. The van der Waals surface area contributed by atoms with E-state index < -0.39 is 28.4 Å². The van der Waals surface area contributed by atoms with Gasteiger partial charge >= 0.3 is 0 Å². The summed E-state index contributed by atoms with van der Waals surface area (Å²) < 4.78 is 27.5. The number of benzene rings is 3. The highest BCUT2D eigenvalue weighted by Gasteiger charge is 2.27. The van der Waals surface area contributed by atoms with Crippen LogP contribution in [0.15, 0.2) is 83.8 Å². The molecule has 0 aliphatic heterocycles. The van der Waals surface area contributed by atoms with Crippen LogP contribution in [0.3, 0.4) is 0 Å². The van der Waals surface area contributed by atoms with Crippen molar-refractivity contribution < 1.29 is 18.0 Å². The molecule has 0 saturated heterocycles. The first-order valence-electron chi connectivity index (χ1n) is 9.25. The molecule has 0 spiro atoms. The van der Waals surface area contributed by atoms with Gasteiger partial charge in [-0.25, -0.2) is 8.42 Å². The molecule has 0 radical (unpaired) electrons. The Morgan fingerprint density at radius 1 is 0.903 bits per heavy atom. The molecule has 0 aliphatic rings. The summed E-state index contributed by atoms with van der Waals surface area (Å²) in [5.41, 5.74) is 6.66. The molecule has 7 nitrogen and oxygen atoms in total. The smallest absolute Gasteiger partial charge is 0.248 e. The van der Waals surface area contributed by atoms with E-state index in [1.807, 2.05) is 6.07 Å². The molecule has 0 atom stereocenters. The number of nitrogens with two attached hydrogens (primary N) is 1.